The second kappa shape index (κ2) is 8.18. The number of hydrogen-bond donors (Lipinski definition) is 0. The maximum absolute atomic E-state index is 13.5. The first-order valence-electron chi connectivity index (χ1n) is 10.3. The standard InChI is InChI=1S/C24H23N3O4/c1-3-4-14-26-22(29)23(30)27(24(26)31)15-19(28)20-17-12-8-9-13-18(17)25(2)21(20)16-10-6-5-7-11-16/h5-13H,3-4,14-15H2,1-2H3. The van der Waals surface area contributed by atoms with Gasteiger partial charge in [-0.05, 0) is 18.1 Å². The predicted octanol–water partition coefficient (Wildman–Crippen LogP) is 3.62. The third-order valence-corrected chi connectivity index (χ3v) is 5.61. The first kappa shape index (κ1) is 20.5. The zero-order valence-corrected chi connectivity index (χ0v) is 17.5. The maximum Gasteiger partial charge on any atom is 0.334 e. The molecule has 1 aromatic heterocycles. The summed E-state index contributed by atoms with van der Waals surface area (Å²) in [5.41, 5.74) is 2.86. The molecular weight excluding hydrogens is 394 g/mol. The quantitative estimate of drug-likeness (QED) is 0.334. The number of para-hydroxylation sites is 1. The summed E-state index contributed by atoms with van der Waals surface area (Å²) in [6.07, 6.45) is 1.38. The van der Waals surface area contributed by atoms with E-state index >= 15 is 0 Å². The minimum Gasteiger partial charge on any atom is -0.343 e. The number of urea groups is 1. The lowest BCUT2D eigenvalue weighted by atomic mass is 10.0. The normalized spacial score (nSPS) is 14.2. The average Bonchev–Trinajstić information content (AvgIpc) is 3.19. The van der Waals surface area contributed by atoms with Crippen LogP contribution in [-0.4, -0.2) is 51.1 Å². The second-order valence-corrected chi connectivity index (χ2v) is 7.57. The summed E-state index contributed by atoms with van der Waals surface area (Å²) in [6.45, 7) is 1.63. The summed E-state index contributed by atoms with van der Waals surface area (Å²) >= 11 is 0. The van der Waals surface area contributed by atoms with E-state index in [-0.39, 0.29) is 12.3 Å². The highest BCUT2D eigenvalue weighted by molar-refractivity contribution is 6.45. The highest BCUT2D eigenvalue weighted by atomic mass is 16.2. The van der Waals surface area contributed by atoms with Gasteiger partial charge in [0.2, 0.25) is 0 Å². The Morgan fingerprint density at radius 2 is 1.52 bits per heavy atom. The number of ketones is 1. The minimum atomic E-state index is -0.948. The number of benzene rings is 2. The average molecular weight is 417 g/mol. The number of carbonyl (C=O) groups excluding carboxylic acids is 4. The van der Waals surface area contributed by atoms with Crippen LogP contribution in [0.2, 0.25) is 0 Å². The Hall–Kier alpha value is -3.74. The van der Waals surface area contributed by atoms with Crippen LogP contribution in [0.15, 0.2) is 54.6 Å². The molecule has 4 amide bonds. The van der Waals surface area contributed by atoms with E-state index in [0.29, 0.717) is 17.7 Å². The SMILES string of the molecule is CCCCN1C(=O)C(=O)N(CC(=O)c2c(-c3ccccc3)n(C)c3ccccc23)C1=O. The summed E-state index contributed by atoms with van der Waals surface area (Å²) < 4.78 is 1.93. The van der Waals surface area contributed by atoms with Crippen molar-refractivity contribution in [2.45, 2.75) is 19.8 Å². The van der Waals surface area contributed by atoms with Crippen LogP contribution in [0.3, 0.4) is 0 Å². The van der Waals surface area contributed by atoms with Gasteiger partial charge in [0.1, 0.15) is 0 Å². The third kappa shape index (κ3) is 3.42. The van der Waals surface area contributed by atoms with Crippen LogP contribution in [0.25, 0.3) is 22.2 Å². The molecule has 1 aliphatic heterocycles. The fourth-order valence-corrected chi connectivity index (χ4v) is 4.04. The molecule has 4 rings (SSSR count). The number of unbranched alkanes of at least 4 members (excludes halogenated alkanes) is 1. The zero-order valence-electron chi connectivity index (χ0n) is 17.5. The number of rotatable bonds is 7. The lowest BCUT2D eigenvalue weighted by Gasteiger charge is -2.15. The molecule has 1 saturated heterocycles. The van der Waals surface area contributed by atoms with Crippen molar-refractivity contribution in [3.63, 3.8) is 0 Å². The van der Waals surface area contributed by atoms with Crippen molar-refractivity contribution in [2.75, 3.05) is 13.1 Å². The molecule has 2 aromatic carbocycles. The van der Waals surface area contributed by atoms with Gasteiger partial charge in [0.25, 0.3) is 0 Å². The van der Waals surface area contributed by atoms with E-state index in [2.05, 4.69) is 0 Å². The number of amides is 4. The highest BCUT2D eigenvalue weighted by Crippen LogP contribution is 2.33. The van der Waals surface area contributed by atoms with Crippen molar-refractivity contribution >= 4 is 34.5 Å². The molecule has 0 N–H and O–H groups in total. The summed E-state index contributed by atoms with van der Waals surface area (Å²) in [6, 6.07) is 16.3. The maximum atomic E-state index is 13.5. The molecule has 31 heavy (non-hydrogen) atoms. The number of aromatic nitrogens is 1. The molecular formula is C24H23N3O4. The van der Waals surface area contributed by atoms with Crippen LogP contribution in [0.4, 0.5) is 4.79 Å². The largest absolute Gasteiger partial charge is 0.343 e. The van der Waals surface area contributed by atoms with E-state index in [1.165, 1.54) is 0 Å². The number of aryl methyl sites for hydroxylation is 1. The minimum absolute atomic E-state index is 0.175. The van der Waals surface area contributed by atoms with Gasteiger partial charge in [0.05, 0.1) is 17.8 Å². The smallest absolute Gasteiger partial charge is 0.334 e. The fourth-order valence-electron chi connectivity index (χ4n) is 4.04. The van der Waals surface area contributed by atoms with Crippen molar-refractivity contribution < 1.29 is 19.2 Å². The van der Waals surface area contributed by atoms with Gasteiger partial charge in [-0.2, -0.15) is 0 Å². The molecule has 0 atom stereocenters. The molecule has 0 saturated carbocycles. The topological polar surface area (TPSA) is 79.7 Å². The van der Waals surface area contributed by atoms with Gasteiger partial charge in [-0.15, -0.1) is 0 Å². The number of imide groups is 2. The lowest BCUT2D eigenvalue weighted by molar-refractivity contribution is -0.143. The Morgan fingerprint density at radius 3 is 2.23 bits per heavy atom. The summed E-state index contributed by atoms with van der Waals surface area (Å²) in [4.78, 5) is 52.5. The van der Waals surface area contributed by atoms with Gasteiger partial charge in [0, 0.05) is 24.5 Å². The van der Waals surface area contributed by atoms with Crippen LogP contribution in [-0.2, 0) is 16.6 Å². The van der Waals surface area contributed by atoms with Gasteiger partial charge >= 0.3 is 17.8 Å². The van der Waals surface area contributed by atoms with Gasteiger partial charge in [-0.1, -0.05) is 61.9 Å². The van der Waals surface area contributed by atoms with E-state index < -0.39 is 24.4 Å². The Balaban J connectivity index is 1.74. The van der Waals surface area contributed by atoms with Crippen LogP contribution in [0.1, 0.15) is 30.1 Å². The molecule has 0 radical (unpaired) electrons. The fraction of sp³-hybridized carbons (Fsp3) is 0.250. The van der Waals surface area contributed by atoms with E-state index in [4.69, 9.17) is 0 Å². The van der Waals surface area contributed by atoms with E-state index in [1.807, 2.05) is 73.1 Å². The molecule has 1 fully saturated rings. The molecule has 158 valence electrons. The van der Waals surface area contributed by atoms with Crippen LogP contribution in [0, 0.1) is 0 Å². The van der Waals surface area contributed by atoms with E-state index in [1.54, 1.807) is 0 Å². The molecule has 0 aliphatic carbocycles. The van der Waals surface area contributed by atoms with Crippen LogP contribution >= 0.6 is 0 Å². The highest BCUT2D eigenvalue weighted by Gasteiger charge is 2.45. The molecule has 3 aromatic rings. The summed E-state index contributed by atoms with van der Waals surface area (Å²) in [7, 11) is 1.88. The number of nitrogens with zero attached hydrogens (tertiary/aromatic N) is 3. The number of fused-ring (bicyclic) bond motifs is 1. The Morgan fingerprint density at radius 1 is 0.871 bits per heavy atom. The van der Waals surface area contributed by atoms with Crippen LogP contribution < -0.4 is 0 Å². The van der Waals surface area contributed by atoms with Gasteiger partial charge in [-0.3, -0.25) is 19.3 Å². The Bertz CT molecular complexity index is 1200. The van der Waals surface area contributed by atoms with Crippen molar-refractivity contribution in [3.05, 3.63) is 60.2 Å². The molecule has 2 heterocycles. The third-order valence-electron chi connectivity index (χ3n) is 5.61. The van der Waals surface area contributed by atoms with Crippen molar-refractivity contribution in [1.29, 1.82) is 0 Å². The number of Topliss-reactive ketones (excluding diaryl/α,β-unsaturated/α-hetero) is 1. The molecule has 0 spiro atoms. The second-order valence-electron chi connectivity index (χ2n) is 7.57. The number of hydrogen-bond acceptors (Lipinski definition) is 4. The monoisotopic (exact) mass is 417 g/mol. The zero-order chi connectivity index (χ0) is 22.1. The lowest BCUT2D eigenvalue weighted by Crippen LogP contribution is -2.37. The predicted molar refractivity (Wildman–Crippen MR) is 116 cm³/mol. The first-order chi connectivity index (χ1) is 15.0. The molecule has 0 bridgehead atoms. The molecule has 7 heteroatoms. The molecule has 1 aliphatic rings. The van der Waals surface area contributed by atoms with Crippen molar-refractivity contribution in [1.82, 2.24) is 14.4 Å². The van der Waals surface area contributed by atoms with Crippen molar-refractivity contribution in [2.24, 2.45) is 7.05 Å². The van der Waals surface area contributed by atoms with Gasteiger partial charge < -0.3 is 4.57 Å². The summed E-state index contributed by atoms with van der Waals surface area (Å²) in [5.74, 6) is -2.20. The van der Waals surface area contributed by atoms with Crippen molar-refractivity contribution in [3.8, 4) is 11.3 Å². The first-order valence-corrected chi connectivity index (χ1v) is 10.3. The Kier molecular flexibility index (Phi) is 5.42. The molecule has 0 unspecified atom stereocenters. The number of carbonyl (C=O) groups is 4. The van der Waals surface area contributed by atoms with Gasteiger partial charge in [0.15, 0.2) is 5.78 Å². The van der Waals surface area contributed by atoms with E-state index in [9.17, 15) is 19.2 Å². The van der Waals surface area contributed by atoms with E-state index in [0.717, 1.165) is 32.7 Å². The molecule has 7 nitrogen and oxygen atoms in total. The summed E-state index contributed by atoms with van der Waals surface area (Å²) in [5, 5.41) is 0.738. The van der Waals surface area contributed by atoms with Crippen LogP contribution in [0.5, 0.6) is 0 Å². The van der Waals surface area contributed by atoms with Gasteiger partial charge in [-0.25, -0.2) is 9.69 Å². The Labute approximate surface area is 179 Å².